The summed E-state index contributed by atoms with van der Waals surface area (Å²) in [6.07, 6.45) is 8.11. The topological polar surface area (TPSA) is 50.9 Å². The summed E-state index contributed by atoms with van der Waals surface area (Å²) in [5, 5.41) is 14.3. The van der Waals surface area contributed by atoms with Crippen molar-refractivity contribution in [1.29, 1.82) is 0 Å². The molecule has 1 aliphatic carbocycles. The van der Waals surface area contributed by atoms with E-state index in [1.165, 1.54) is 25.7 Å². The Labute approximate surface area is 103 Å². The molecular formula is C13H23N3O. The van der Waals surface area contributed by atoms with Gasteiger partial charge in [0.2, 0.25) is 0 Å². The molecule has 0 aromatic carbocycles. The fourth-order valence-corrected chi connectivity index (χ4v) is 2.91. The van der Waals surface area contributed by atoms with E-state index in [0.717, 1.165) is 18.2 Å². The van der Waals surface area contributed by atoms with E-state index in [1.807, 2.05) is 7.05 Å². The predicted molar refractivity (Wildman–Crippen MR) is 66.5 cm³/mol. The molecule has 0 bridgehead atoms. The fourth-order valence-electron chi connectivity index (χ4n) is 2.91. The lowest BCUT2D eigenvalue weighted by Gasteiger charge is -2.31. The van der Waals surface area contributed by atoms with Crippen molar-refractivity contribution >= 4 is 0 Å². The molecule has 0 amide bonds. The summed E-state index contributed by atoms with van der Waals surface area (Å²) in [7, 11) is 1.88. The van der Waals surface area contributed by atoms with Gasteiger partial charge in [0.1, 0.15) is 12.2 Å². The van der Waals surface area contributed by atoms with Crippen molar-refractivity contribution in [3.63, 3.8) is 0 Å². The Kier molecular flexibility index (Phi) is 4.15. The lowest BCUT2D eigenvalue weighted by atomic mass is 9.77. The summed E-state index contributed by atoms with van der Waals surface area (Å²) in [5.74, 6) is 2.14. The largest absolute Gasteiger partial charge is 0.392 e. The van der Waals surface area contributed by atoms with E-state index >= 15 is 0 Å². The maximum atomic E-state index is 10.3. The van der Waals surface area contributed by atoms with Gasteiger partial charge in [-0.1, -0.05) is 26.2 Å². The highest BCUT2D eigenvalue weighted by Gasteiger charge is 2.27. The average Bonchev–Trinajstić information content (AvgIpc) is 2.75. The van der Waals surface area contributed by atoms with Crippen molar-refractivity contribution < 1.29 is 5.11 Å². The van der Waals surface area contributed by atoms with Crippen LogP contribution in [-0.4, -0.2) is 26.0 Å². The molecule has 3 unspecified atom stereocenters. The minimum atomic E-state index is -0.257. The first-order valence-corrected chi connectivity index (χ1v) is 6.71. The van der Waals surface area contributed by atoms with E-state index in [1.54, 1.807) is 11.0 Å². The second-order valence-electron chi connectivity index (χ2n) is 5.27. The van der Waals surface area contributed by atoms with E-state index in [-0.39, 0.29) is 6.10 Å². The van der Waals surface area contributed by atoms with Crippen molar-refractivity contribution in [2.45, 2.75) is 51.6 Å². The molecule has 1 heterocycles. The minimum absolute atomic E-state index is 0.257. The first-order valence-electron chi connectivity index (χ1n) is 6.71. The number of aromatic nitrogens is 3. The Morgan fingerprint density at radius 3 is 3.00 bits per heavy atom. The van der Waals surface area contributed by atoms with Crippen molar-refractivity contribution in [1.82, 2.24) is 14.8 Å². The zero-order valence-electron chi connectivity index (χ0n) is 10.8. The van der Waals surface area contributed by atoms with Gasteiger partial charge in [-0.25, -0.2) is 4.98 Å². The van der Waals surface area contributed by atoms with Gasteiger partial charge in [-0.2, -0.15) is 5.10 Å². The van der Waals surface area contributed by atoms with Crippen LogP contribution in [-0.2, 0) is 13.5 Å². The van der Waals surface area contributed by atoms with Crippen molar-refractivity contribution in [3.05, 3.63) is 12.2 Å². The van der Waals surface area contributed by atoms with Gasteiger partial charge < -0.3 is 5.11 Å². The SMILES string of the molecule is CCC1CCCC(C(O)Cc2ncnn2C)C1. The van der Waals surface area contributed by atoms with E-state index in [0.29, 0.717) is 12.3 Å². The van der Waals surface area contributed by atoms with Crippen molar-refractivity contribution in [2.24, 2.45) is 18.9 Å². The highest BCUT2D eigenvalue weighted by Crippen LogP contribution is 2.33. The second kappa shape index (κ2) is 5.63. The summed E-state index contributed by atoms with van der Waals surface area (Å²) < 4.78 is 1.75. The number of rotatable bonds is 4. The highest BCUT2D eigenvalue weighted by atomic mass is 16.3. The molecule has 1 saturated carbocycles. The maximum absolute atomic E-state index is 10.3. The summed E-state index contributed by atoms with van der Waals surface area (Å²) in [4.78, 5) is 4.18. The number of aliphatic hydroxyl groups is 1. The predicted octanol–water partition coefficient (Wildman–Crippen LogP) is 1.93. The molecule has 0 radical (unpaired) electrons. The molecular weight excluding hydrogens is 214 g/mol. The van der Waals surface area contributed by atoms with Crippen LogP contribution < -0.4 is 0 Å². The molecule has 2 rings (SSSR count). The quantitative estimate of drug-likeness (QED) is 0.870. The van der Waals surface area contributed by atoms with Crippen LogP contribution in [0.25, 0.3) is 0 Å². The van der Waals surface area contributed by atoms with Gasteiger partial charge in [0, 0.05) is 13.5 Å². The van der Waals surface area contributed by atoms with E-state index < -0.39 is 0 Å². The monoisotopic (exact) mass is 237 g/mol. The van der Waals surface area contributed by atoms with Gasteiger partial charge in [-0.3, -0.25) is 4.68 Å². The molecule has 1 N–H and O–H groups in total. The number of hydrogen-bond donors (Lipinski definition) is 1. The molecule has 4 heteroatoms. The molecule has 1 fully saturated rings. The number of aryl methyl sites for hydroxylation is 1. The Balaban J connectivity index is 1.91. The van der Waals surface area contributed by atoms with Gasteiger partial charge >= 0.3 is 0 Å². The molecule has 17 heavy (non-hydrogen) atoms. The first-order chi connectivity index (χ1) is 8.20. The van der Waals surface area contributed by atoms with E-state index in [4.69, 9.17) is 0 Å². The molecule has 4 nitrogen and oxygen atoms in total. The van der Waals surface area contributed by atoms with Crippen LogP contribution in [0.2, 0.25) is 0 Å². The zero-order chi connectivity index (χ0) is 12.3. The smallest absolute Gasteiger partial charge is 0.138 e. The number of hydrogen-bond acceptors (Lipinski definition) is 3. The second-order valence-corrected chi connectivity index (χ2v) is 5.27. The van der Waals surface area contributed by atoms with Crippen LogP contribution in [0.3, 0.4) is 0 Å². The Bertz CT molecular complexity index is 350. The minimum Gasteiger partial charge on any atom is -0.392 e. The Morgan fingerprint density at radius 2 is 2.35 bits per heavy atom. The van der Waals surface area contributed by atoms with Gasteiger partial charge in [0.15, 0.2) is 0 Å². The van der Waals surface area contributed by atoms with Crippen molar-refractivity contribution in [2.75, 3.05) is 0 Å². The Hall–Kier alpha value is -0.900. The van der Waals surface area contributed by atoms with Crippen LogP contribution >= 0.6 is 0 Å². The summed E-state index contributed by atoms with van der Waals surface area (Å²) in [6.45, 7) is 2.25. The van der Waals surface area contributed by atoms with Crippen molar-refractivity contribution in [3.8, 4) is 0 Å². The molecule has 1 aromatic heterocycles. The molecule has 0 saturated heterocycles. The maximum Gasteiger partial charge on any atom is 0.138 e. The average molecular weight is 237 g/mol. The van der Waals surface area contributed by atoms with Gasteiger partial charge in [0.25, 0.3) is 0 Å². The lowest BCUT2D eigenvalue weighted by Crippen LogP contribution is -2.29. The molecule has 0 spiro atoms. The summed E-state index contributed by atoms with van der Waals surface area (Å²) in [6, 6.07) is 0. The number of aliphatic hydroxyl groups excluding tert-OH is 1. The van der Waals surface area contributed by atoms with Crippen LogP contribution in [0, 0.1) is 11.8 Å². The molecule has 0 aliphatic heterocycles. The van der Waals surface area contributed by atoms with Crippen LogP contribution in [0.1, 0.15) is 44.9 Å². The first kappa shape index (κ1) is 12.6. The molecule has 1 aromatic rings. The third-order valence-electron chi connectivity index (χ3n) is 4.14. The van der Waals surface area contributed by atoms with Gasteiger partial charge in [-0.05, 0) is 24.7 Å². The van der Waals surface area contributed by atoms with Crippen LogP contribution in [0.15, 0.2) is 6.33 Å². The number of nitrogens with zero attached hydrogens (tertiary/aromatic N) is 3. The van der Waals surface area contributed by atoms with Gasteiger partial charge in [0.05, 0.1) is 6.10 Å². The summed E-state index contributed by atoms with van der Waals surface area (Å²) >= 11 is 0. The molecule has 96 valence electrons. The molecule has 3 atom stereocenters. The van der Waals surface area contributed by atoms with Crippen LogP contribution in [0.4, 0.5) is 0 Å². The summed E-state index contributed by atoms with van der Waals surface area (Å²) in [5.41, 5.74) is 0. The van der Waals surface area contributed by atoms with E-state index in [9.17, 15) is 5.11 Å². The highest BCUT2D eigenvalue weighted by molar-refractivity contribution is 4.89. The zero-order valence-corrected chi connectivity index (χ0v) is 10.8. The standard InChI is InChI=1S/C13H23N3O/c1-3-10-5-4-6-11(7-10)12(17)8-13-14-9-15-16(13)2/h9-12,17H,3-8H2,1-2H3. The van der Waals surface area contributed by atoms with Crippen LogP contribution in [0.5, 0.6) is 0 Å². The third kappa shape index (κ3) is 3.06. The normalized spacial score (nSPS) is 27.0. The molecule has 1 aliphatic rings. The Morgan fingerprint density at radius 1 is 1.53 bits per heavy atom. The lowest BCUT2D eigenvalue weighted by molar-refractivity contribution is 0.0663. The third-order valence-corrected chi connectivity index (χ3v) is 4.14. The fraction of sp³-hybridized carbons (Fsp3) is 0.846. The van der Waals surface area contributed by atoms with Gasteiger partial charge in [-0.15, -0.1) is 0 Å². The van der Waals surface area contributed by atoms with E-state index in [2.05, 4.69) is 17.0 Å².